The number of rotatable bonds is 14. The standard InChI is InChI=1S/C55H68N2O11/c1-33(59)47(50(62)56-40(32-58)22-24-46(60)67-52(2,3)4)57-49(61)37-29-43(48-44(30-37)65-55(68-48,38-17-10-8-11-18-38)39-19-12-9-13-20-39)64-51(63)36-16-14-15-34(28-36)27-35-21-23-45-54(7,66-45)26-25-42-41(35)31-53(42,5)6/h8-20,27-28,30,33,40-45,47-48,58-59H,21-26,29,31-32H2,1-7H3,(H,56,62)(H,57,61). The van der Waals surface area contributed by atoms with Crippen molar-refractivity contribution in [3.63, 3.8) is 0 Å². The number of carbonyl (C=O) groups is 4. The summed E-state index contributed by atoms with van der Waals surface area (Å²) < 4.78 is 31.8. The van der Waals surface area contributed by atoms with Crippen LogP contribution in [0.5, 0.6) is 0 Å². The SMILES string of the molecule is CC(O)C(NC(=O)C1=CC2OC(c3ccccc3)(c3ccccc3)OC2C(OC(=O)c2cccc(C=C3CCC4OC4(C)CCC4C3CC4(C)C)c2)C1)C(=O)NC(CO)CCC(=O)OC(C)(C)C. The van der Waals surface area contributed by atoms with Gasteiger partial charge in [-0.05, 0) is 114 Å². The van der Waals surface area contributed by atoms with Crippen molar-refractivity contribution >= 4 is 29.8 Å². The van der Waals surface area contributed by atoms with Crippen molar-refractivity contribution in [1.29, 1.82) is 0 Å². The van der Waals surface area contributed by atoms with E-state index in [0.717, 1.165) is 37.7 Å². The van der Waals surface area contributed by atoms with Crippen LogP contribution >= 0.6 is 0 Å². The van der Waals surface area contributed by atoms with Crippen molar-refractivity contribution in [1.82, 2.24) is 10.6 Å². The quantitative estimate of drug-likeness (QED) is 0.0930. The predicted octanol–water partition coefficient (Wildman–Crippen LogP) is 7.47. The van der Waals surface area contributed by atoms with Gasteiger partial charge in [-0.3, -0.25) is 14.4 Å². The van der Waals surface area contributed by atoms with Crippen LogP contribution in [0.4, 0.5) is 0 Å². The Morgan fingerprint density at radius 2 is 1.59 bits per heavy atom. The zero-order chi connectivity index (χ0) is 48.6. The average Bonchev–Trinajstić information content (AvgIpc) is 3.75. The van der Waals surface area contributed by atoms with Crippen LogP contribution in [0.15, 0.2) is 102 Å². The molecule has 3 aromatic rings. The number of fused-ring (bicyclic) bond motifs is 3. The fraction of sp³-hybridized carbons (Fsp3) is 0.527. The molecule has 68 heavy (non-hydrogen) atoms. The minimum Gasteiger partial charge on any atom is -0.460 e. The van der Waals surface area contributed by atoms with Gasteiger partial charge >= 0.3 is 11.9 Å². The first-order valence-electron chi connectivity index (χ1n) is 24.3. The number of esters is 2. The molecule has 10 unspecified atom stereocenters. The number of hydrogen-bond donors (Lipinski definition) is 4. The molecule has 5 aliphatic rings. The lowest BCUT2D eigenvalue weighted by atomic mass is 9.52. The Kier molecular flexibility index (Phi) is 14.2. The highest BCUT2D eigenvalue weighted by atomic mass is 16.8. The van der Waals surface area contributed by atoms with Gasteiger partial charge in [-0.25, -0.2) is 4.79 Å². The third kappa shape index (κ3) is 10.8. The highest BCUT2D eigenvalue weighted by molar-refractivity contribution is 5.98. The molecule has 3 aliphatic carbocycles. The average molecular weight is 933 g/mol. The van der Waals surface area contributed by atoms with Crippen molar-refractivity contribution in [3.8, 4) is 0 Å². The molecule has 2 heterocycles. The Labute approximate surface area is 400 Å². The van der Waals surface area contributed by atoms with Crippen LogP contribution in [0, 0.1) is 17.3 Å². The molecule has 10 atom stereocenters. The van der Waals surface area contributed by atoms with Crippen LogP contribution in [0.25, 0.3) is 6.08 Å². The molecular formula is C55H68N2O11. The number of amides is 2. The van der Waals surface area contributed by atoms with Gasteiger partial charge in [-0.1, -0.05) is 98.3 Å². The van der Waals surface area contributed by atoms with Crippen molar-refractivity contribution in [3.05, 3.63) is 124 Å². The van der Waals surface area contributed by atoms with E-state index in [1.807, 2.05) is 78.9 Å². The van der Waals surface area contributed by atoms with Crippen LogP contribution in [-0.4, -0.2) is 94.4 Å². The van der Waals surface area contributed by atoms with E-state index >= 15 is 0 Å². The largest absolute Gasteiger partial charge is 0.460 e. The summed E-state index contributed by atoms with van der Waals surface area (Å²) in [6, 6.07) is 24.0. The molecule has 13 nitrogen and oxygen atoms in total. The molecule has 8 rings (SSSR count). The van der Waals surface area contributed by atoms with Gasteiger partial charge in [0.25, 0.3) is 0 Å². The monoisotopic (exact) mass is 932 g/mol. The number of aliphatic hydroxyl groups is 2. The maximum atomic E-state index is 14.4. The van der Waals surface area contributed by atoms with Crippen LogP contribution in [0.2, 0.25) is 0 Å². The number of benzene rings is 3. The number of ether oxygens (including phenoxy) is 5. The van der Waals surface area contributed by atoms with Crippen LogP contribution in [0.3, 0.4) is 0 Å². The van der Waals surface area contributed by atoms with Crippen molar-refractivity contribution < 1.29 is 53.1 Å². The van der Waals surface area contributed by atoms with Crippen molar-refractivity contribution in [2.24, 2.45) is 17.3 Å². The van der Waals surface area contributed by atoms with E-state index in [4.69, 9.17) is 23.7 Å². The van der Waals surface area contributed by atoms with E-state index in [-0.39, 0.29) is 42.0 Å². The number of allylic oxidation sites excluding steroid dienone is 1. The Morgan fingerprint density at radius 1 is 0.897 bits per heavy atom. The minimum absolute atomic E-state index is 0.0256. The van der Waals surface area contributed by atoms with E-state index in [1.165, 1.54) is 12.5 Å². The van der Waals surface area contributed by atoms with E-state index in [9.17, 15) is 29.4 Å². The van der Waals surface area contributed by atoms with Crippen LogP contribution < -0.4 is 10.6 Å². The maximum Gasteiger partial charge on any atom is 0.338 e. The second kappa shape index (κ2) is 19.7. The van der Waals surface area contributed by atoms with E-state index < -0.39 is 78.2 Å². The molecule has 0 aromatic heterocycles. The molecule has 364 valence electrons. The molecular weight excluding hydrogens is 865 g/mol. The van der Waals surface area contributed by atoms with Crippen molar-refractivity contribution in [2.75, 3.05) is 6.61 Å². The summed E-state index contributed by atoms with van der Waals surface area (Å²) in [5, 5.41) is 26.2. The number of carbonyl (C=O) groups excluding carboxylic acids is 4. The van der Waals surface area contributed by atoms with Gasteiger partial charge in [0.2, 0.25) is 17.6 Å². The van der Waals surface area contributed by atoms with Crippen molar-refractivity contribution in [2.45, 2.75) is 159 Å². The molecule has 3 aromatic carbocycles. The van der Waals surface area contributed by atoms with Gasteiger partial charge in [0.15, 0.2) is 0 Å². The summed E-state index contributed by atoms with van der Waals surface area (Å²) in [5.41, 5.74) is 3.71. The van der Waals surface area contributed by atoms with Gasteiger partial charge in [0.05, 0.1) is 36.0 Å². The fourth-order valence-corrected chi connectivity index (χ4v) is 10.8. The zero-order valence-electron chi connectivity index (χ0n) is 40.4. The fourth-order valence-electron chi connectivity index (χ4n) is 10.8. The number of nitrogens with one attached hydrogen (secondary N) is 2. The molecule has 2 amide bonds. The smallest absolute Gasteiger partial charge is 0.338 e. The summed E-state index contributed by atoms with van der Waals surface area (Å²) in [5.74, 6) is -2.95. The first-order chi connectivity index (χ1) is 32.3. The molecule has 0 spiro atoms. The second-order valence-electron chi connectivity index (χ2n) is 21.3. The summed E-state index contributed by atoms with van der Waals surface area (Å²) in [6.07, 6.45) is 5.12. The third-order valence-corrected chi connectivity index (χ3v) is 14.5. The predicted molar refractivity (Wildman–Crippen MR) is 255 cm³/mol. The summed E-state index contributed by atoms with van der Waals surface area (Å²) >= 11 is 0. The second-order valence-corrected chi connectivity index (χ2v) is 21.3. The Bertz CT molecular complexity index is 2350. The summed E-state index contributed by atoms with van der Waals surface area (Å²) in [4.78, 5) is 54.7. The number of hydrogen-bond acceptors (Lipinski definition) is 11. The zero-order valence-corrected chi connectivity index (χ0v) is 40.4. The molecule has 2 saturated carbocycles. The lowest BCUT2D eigenvalue weighted by molar-refractivity contribution is -0.157. The van der Waals surface area contributed by atoms with Crippen LogP contribution in [0.1, 0.15) is 127 Å². The topological polar surface area (TPSA) is 182 Å². The maximum absolute atomic E-state index is 14.4. The first-order valence-corrected chi connectivity index (χ1v) is 24.3. The lowest BCUT2D eigenvalue weighted by Gasteiger charge is -2.53. The summed E-state index contributed by atoms with van der Waals surface area (Å²) in [7, 11) is 0. The third-order valence-electron chi connectivity index (χ3n) is 14.5. The van der Waals surface area contributed by atoms with Gasteiger partial charge < -0.3 is 44.5 Å². The molecule has 2 aliphatic heterocycles. The van der Waals surface area contributed by atoms with Gasteiger partial charge in [-0.15, -0.1) is 0 Å². The van der Waals surface area contributed by atoms with E-state index in [1.54, 1.807) is 32.9 Å². The highest BCUT2D eigenvalue weighted by Crippen LogP contribution is 2.60. The molecule has 0 bridgehead atoms. The van der Waals surface area contributed by atoms with Gasteiger partial charge in [-0.2, -0.15) is 0 Å². The molecule has 4 N–H and O–H groups in total. The Morgan fingerprint density at radius 3 is 2.22 bits per heavy atom. The Balaban J connectivity index is 1.04. The minimum atomic E-state index is -1.45. The number of aliphatic hydroxyl groups excluding tert-OH is 2. The van der Waals surface area contributed by atoms with E-state index in [0.29, 0.717) is 28.5 Å². The van der Waals surface area contributed by atoms with Gasteiger partial charge in [0.1, 0.15) is 30.0 Å². The highest BCUT2D eigenvalue weighted by Gasteiger charge is 2.57. The molecule has 2 saturated heterocycles. The molecule has 4 fully saturated rings. The molecule has 0 radical (unpaired) electrons. The lowest BCUT2D eigenvalue weighted by Crippen LogP contribution is -2.55. The van der Waals surface area contributed by atoms with E-state index in [2.05, 4.69) is 37.5 Å². The number of epoxide rings is 1. The summed E-state index contributed by atoms with van der Waals surface area (Å²) in [6.45, 7) is 13.1. The normalized spacial score (nSPS) is 28.8. The van der Waals surface area contributed by atoms with Gasteiger partial charge in [0, 0.05) is 29.5 Å². The molecule has 13 heteroatoms. The van der Waals surface area contributed by atoms with Crippen LogP contribution in [-0.2, 0) is 43.9 Å². The Hall–Kier alpha value is -5.18. The first kappa shape index (κ1) is 49.2.